The molecule has 0 unspecified atom stereocenters. The monoisotopic (exact) mass is 186 g/mol. The molecule has 0 saturated carbocycles. The predicted molar refractivity (Wildman–Crippen MR) is 58.3 cm³/mol. The average molecular weight is 186 g/mol. The molecule has 0 fully saturated rings. The van der Waals surface area contributed by atoms with E-state index in [-0.39, 0.29) is 0 Å². The lowest BCUT2D eigenvalue weighted by Gasteiger charge is -2.01. The Morgan fingerprint density at radius 3 is 2.71 bits per heavy atom. The van der Waals surface area contributed by atoms with Gasteiger partial charge in [-0.3, -0.25) is 0 Å². The zero-order valence-corrected chi connectivity index (χ0v) is 8.62. The van der Waals surface area contributed by atoms with Crippen molar-refractivity contribution in [2.24, 2.45) is 0 Å². The van der Waals surface area contributed by atoms with E-state index in [1.807, 2.05) is 6.20 Å². The van der Waals surface area contributed by atoms with Gasteiger partial charge in [-0.25, -0.2) is 9.97 Å². The Morgan fingerprint density at radius 2 is 2.00 bits per heavy atom. The van der Waals surface area contributed by atoms with E-state index in [1.54, 1.807) is 0 Å². The molecule has 14 heavy (non-hydrogen) atoms. The Bertz CT molecular complexity index is 410. The van der Waals surface area contributed by atoms with Gasteiger partial charge in [0.25, 0.3) is 0 Å². The van der Waals surface area contributed by atoms with Crippen molar-refractivity contribution in [1.82, 2.24) is 9.97 Å². The van der Waals surface area contributed by atoms with Crippen molar-refractivity contribution in [2.45, 2.75) is 26.7 Å². The lowest BCUT2D eigenvalue weighted by atomic mass is 10.1. The lowest BCUT2D eigenvalue weighted by molar-refractivity contribution is 0.960. The van der Waals surface area contributed by atoms with Gasteiger partial charge in [-0.2, -0.15) is 0 Å². The molecule has 0 radical (unpaired) electrons. The summed E-state index contributed by atoms with van der Waals surface area (Å²) >= 11 is 0. The molecule has 0 N–H and O–H groups in total. The first-order valence-electron chi connectivity index (χ1n) is 5.08. The molecule has 1 aromatic heterocycles. The summed E-state index contributed by atoms with van der Waals surface area (Å²) in [6.07, 6.45) is 3.86. The van der Waals surface area contributed by atoms with Crippen LogP contribution in [-0.4, -0.2) is 9.97 Å². The number of hydrogen-bond donors (Lipinski definition) is 0. The lowest BCUT2D eigenvalue weighted by Crippen LogP contribution is -1.93. The number of nitrogens with zero attached hydrogens (tertiary/aromatic N) is 2. The van der Waals surface area contributed by atoms with E-state index in [9.17, 15) is 0 Å². The fourth-order valence-corrected chi connectivity index (χ4v) is 1.50. The Labute approximate surface area is 84.0 Å². The molecular weight excluding hydrogens is 172 g/mol. The second kappa shape index (κ2) is 3.74. The summed E-state index contributed by atoms with van der Waals surface area (Å²) in [7, 11) is 0. The fraction of sp³-hybridized carbons (Fsp3) is 0.333. The van der Waals surface area contributed by atoms with Crippen LogP contribution in [0.4, 0.5) is 0 Å². The van der Waals surface area contributed by atoms with Crippen LogP contribution in [0.15, 0.2) is 24.4 Å². The van der Waals surface area contributed by atoms with Gasteiger partial charge in [0.2, 0.25) is 0 Å². The number of aryl methyl sites for hydroxylation is 2. The van der Waals surface area contributed by atoms with Crippen molar-refractivity contribution in [3.63, 3.8) is 0 Å². The highest BCUT2D eigenvalue weighted by Crippen LogP contribution is 2.13. The van der Waals surface area contributed by atoms with Gasteiger partial charge in [0.1, 0.15) is 5.82 Å². The maximum Gasteiger partial charge on any atom is 0.128 e. The van der Waals surface area contributed by atoms with Crippen LogP contribution < -0.4 is 0 Å². The minimum atomic E-state index is 0.895. The molecule has 0 atom stereocenters. The molecule has 0 aliphatic rings. The summed E-state index contributed by atoms with van der Waals surface area (Å²) in [5, 5.41) is 1.12. The van der Waals surface area contributed by atoms with Gasteiger partial charge in [-0.15, -0.1) is 0 Å². The van der Waals surface area contributed by atoms with Crippen LogP contribution in [0.2, 0.25) is 0 Å². The van der Waals surface area contributed by atoms with E-state index in [2.05, 4.69) is 42.0 Å². The second-order valence-corrected chi connectivity index (χ2v) is 3.39. The summed E-state index contributed by atoms with van der Waals surface area (Å²) in [6.45, 7) is 4.23. The van der Waals surface area contributed by atoms with E-state index in [1.165, 1.54) is 5.56 Å². The summed E-state index contributed by atoms with van der Waals surface area (Å²) in [4.78, 5) is 8.76. The highest BCUT2D eigenvalue weighted by molar-refractivity contribution is 5.78. The Morgan fingerprint density at radius 1 is 1.14 bits per heavy atom. The van der Waals surface area contributed by atoms with Gasteiger partial charge in [0.15, 0.2) is 0 Å². The number of fused-ring (bicyclic) bond motifs is 1. The third kappa shape index (κ3) is 1.60. The Balaban J connectivity index is 2.60. The first-order valence-corrected chi connectivity index (χ1v) is 5.08. The molecule has 2 heteroatoms. The number of hydrogen-bond acceptors (Lipinski definition) is 2. The van der Waals surface area contributed by atoms with Gasteiger partial charge < -0.3 is 0 Å². The minimum Gasteiger partial charge on any atom is -0.241 e. The molecule has 0 amide bonds. The maximum absolute atomic E-state index is 4.49. The SMILES string of the molecule is CCc1ccc2cnc(CC)nc2c1. The third-order valence-electron chi connectivity index (χ3n) is 2.42. The van der Waals surface area contributed by atoms with Gasteiger partial charge in [0, 0.05) is 18.0 Å². The van der Waals surface area contributed by atoms with Gasteiger partial charge in [0.05, 0.1) is 5.52 Å². The van der Waals surface area contributed by atoms with Crippen molar-refractivity contribution in [1.29, 1.82) is 0 Å². The van der Waals surface area contributed by atoms with Crippen molar-refractivity contribution in [2.75, 3.05) is 0 Å². The molecule has 72 valence electrons. The molecule has 2 rings (SSSR count). The quantitative estimate of drug-likeness (QED) is 0.720. The Hall–Kier alpha value is -1.44. The normalized spacial score (nSPS) is 10.7. The summed E-state index contributed by atoms with van der Waals surface area (Å²) < 4.78 is 0. The number of aromatic nitrogens is 2. The van der Waals surface area contributed by atoms with Gasteiger partial charge in [-0.05, 0) is 18.1 Å². The molecule has 0 saturated heterocycles. The summed E-state index contributed by atoms with van der Waals surface area (Å²) in [6, 6.07) is 6.38. The van der Waals surface area contributed by atoms with Crippen molar-refractivity contribution in [3.8, 4) is 0 Å². The number of benzene rings is 1. The summed E-state index contributed by atoms with van der Waals surface area (Å²) in [5.41, 5.74) is 2.40. The molecule has 1 aromatic carbocycles. The van der Waals surface area contributed by atoms with Crippen LogP contribution in [0.25, 0.3) is 10.9 Å². The van der Waals surface area contributed by atoms with Crippen molar-refractivity contribution >= 4 is 10.9 Å². The first kappa shape index (κ1) is 9.13. The fourth-order valence-electron chi connectivity index (χ4n) is 1.50. The molecule has 0 bridgehead atoms. The molecule has 0 aliphatic heterocycles. The molecular formula is C12H14N2. The van der Waals surface area contributed by atoms with Crippen LogP contribution in [0.5, 0.6) is 0 Å². The zero-order chi connectivity index (χ0) is 9.97. The van der Waals surface area contributed by atoms with E-state index < -0.39 is 0 Å². The first-order chi connectivity index (χ1) is 6.83. The topological polar surface area (TPSA) is 25.8 Å². The molecule has 2 aromatic rings. The second-order valence-electron chi connectivity index (χ2n) is 3.39. The van der Waals surface area contributed by atoms with Crippen LogP contribution in [0, 0.1) is 0 Å². The van der Waals surface area contributed by atoms with Crippen molar-refractivity contribution < 1.29 is 0 Å². The molecule has 0 aliphatic carbocycles. The van der Waals surface area contributed by atoms with Crippen LogP contribution in [-0.2, 0) is 12.8 Å². The maximum atomic E-state index is 4.49. The minimum absolute atomic E-state index is 0.895. The average Bonchev–Trinajstić information content (AvgIpc) is 2.27. The van der Waals surface area contributed by atoms with E-state index >= 15 is 0 Å². The molecule has 1 heterocycles. The summed E-state index contributed by atoms with van der Waals surface area (Å²) in [5.74, 6) is 0.922. The highest BCUT2D eigenvalue weighted by atomic mass is 14.9. The van der Waals surface area contributed by atoms with E-state index in [4.69, 9.17) is 0 Å². The zero-order valence-electron chi connectivity index (χ0n) is 8.62. The highest BCUT2D eigenvalue weighted by Gasteiger charge is 1.98. The van der Waals surface area contributed by atoms with Crippen molar-refractivity contribution in [3.05, 3.63) is 35.8 Å². The predicted octanol–water partition coefficient (Wildman–Crippen LogP) is 2.75. The van der Waals surface area contributed by atoms with Crippen LogP contribution in [0.1, 0.15) is 25.2 Å². The number of rotatable bonds is 2. The molecule has 2 nitrogen and oxygen atoms in total. The van der Waals surface area contributed by atoms with Gasteiger partial charge in [-0.1, -0.05) is 26.0 Å². The van der Waals surface area contributed by atoms with Gasteiger partial charge >= 0.3 is 0 Å². The third-order valence-corrected chi connectivity index (χ3v) is 2.42. The Kier molecular flexibility index (Phi) is 2.44. The van der Waals surface area contributed by atoms with Crippen LogP contribution in [0.3, 0.4) is 0 Å². The van der Waals surface area contributed by atoms with Crippen LogP contribution >= 0.6 is 0 Å². The van der Waals surface area contributed by atoms with E-state index in [0.717, 1.165) is 29.6 Å². The van der Waals surface area contributed by atoms with E-state index in [0.29, 0.717) is 0 Å². The largest absolute Gasteiger partial charge is 0.241 e. The molecule has 0 spiro atoms. The standard InChI is InChI=1S/C12H14N2/c1-3-9-5-6-10-8-13-12(4-2)14-11(10)7-9/h5-8H,3-4H2,1-2H3. The smallest absolute Gasteiger partial charge is 0.128 e.